The van der Waals surface area contributed by atoms with Crippen molar-refractivity contribution in [3.63, 3.8) is 0 Å². The first kappa shape index (κ1) is 13.1. The highest BCUT2D eigenvalue weighted by atomic mass is 16.5. The Hall–Kier alpha value is -2.34. The van der Waals surface area contributed by atoms with Gasteiger partial charge in [-0.2, -0.15) is 5.16 Å². The molecule has 100 valence electrons. The van der Waals surface area contributed by atoms with Crippen LogP contribution in [0.5, 0.6) is 0 Å². The minimum absolute atomic E-state index is 0.0522. The van der Waals surface area contributed by atoms with Crippen LogP contribution in [0.2, 0.25) is 0 Å². The van der Waals surface area contributed by atoms with Crippen LogP contribution in [-0.4, -0.2) is 22.3 Å². The van der Waals surface area contributed by atoms with Crippen molar-refractivity contribution >= 4 is 5.97 Å². The molecule has 0 saturated heterocycles. The fourth-order valence-corrected chi connectivity index (χ4v) is 1.80. The molecule has 1 unspecified atom stereocenters. The van der Waals surface area contributed by atoms with Crippen molar-refractivity contribution in [3.05, 3.63) is 57.6 Å². The Kier molecular flexibility index (Phi) is 3.82. The van der Waals surface area contributed by atoms with E-state index in [-0.39, 0.29) is 6.42 Å². The molecule has 0 amide bonds. The fourth-order valence-electron chi connectivity index (χ4n) is 1.80. The largest absolute Gasteiger partial charge is 0.480 e. The summed E-state index contributed by atoms with van der Waals surface area (Å²) in [6.45, 7) is 0. The molecular weight excluding hydrogens is 248 g/mol. The molecule has 6 nitrogen and oxygen atoms in total. The summed E-state index contributed by atoms with van der Waals surface area (Å²) in [5.41, 5.74) is 6.28. The Balaban J connectivity index is 2.23. The van der Waals surface area contributed by atoms with Crippen LogP contribution in [0.3, 0.4) is 0 Å². The molecule has 0 aliphatic rings. The maximum Gasteiger partial charge on any atom is 0.320 e. The SMILES string of the molecule is NC(Cc1c(Cc2ccccc2)o[nH]c1=O)C(=O)O. The van der Waals surface area contributed by atoms with Crippen LogP contribution < -0.4 is 11.3 Å². The molecule has 0 spiro atoms. The van der Waals surface area contributed by atoms with Crippen LogP contribution in [-0.2, 0) is 17.6 Å². The van der Waals surface area contributed by atoms with E-state index in [1.807, 2.05) is 30.3 Å². The zero-order valence-corrected chi connectivity index (χ0v) is 10.1. The summed E-state index contributed by atoms with van der Waals surface area (Å²) in [7, 11) is 0. The quantitative estimate of drug-likeness (QED) is 0.727. The molecule has 1 aromatic heterocycles. The molecule has 0 radical (unpaired) electrons. The molecule has 2 rings (SSSR count). The first-order valence-electron chi connectivity index (χ1n) is 5.79. The lowest BCUT2D eigenvalue weighted by Crippen LogP contribution is -2.34. The van der Waals surface area contributed by atoms with Gasteiger partial charge in [-0.05, 0) is 5.56 Å². The van der Waals surface area contributed by atoms with Gasteiger partial charge in [-0.1, -0.05) is 30.3 Å². The number of hydrogen-bond acceptors (Lipinski definition) is 4. The Morgan fingerprint density at radius 1 is 1.37 bits per heavy atom. The number of rotatable bonds is 5. The summed E-state index contributed by atoms with van der Waals surface area (Å²) in [5, 5.41) is 11.0. The van der Waals surface area contributed by atoms with Crippen LogP contribution >= 0.6 is 0 Å². The average molecular weight is 262 g/mol. The molecule has 4 N–H and O–H groups in total. The highest BCUT2D eigenvalue weighted by molar-refractivity contribution is 5.73. The molecule has 0 saturated carbocycles. The lowest BCUT2D eigenvalue weighted by molar-refractivity contribution is -0.138. The first-order chi connectivity index (χ1) is 9.08. The van der Waals surface area contributed by atoms with Crippen molar-refractivity contribution in [2.75, 3.05) is 0 Å². The molecule has 0 bridgehead atoms. The van der Waals surface area contributed by atoms with Crippen LogP contribution in [0.4, 0.5) is 0 Å². The highest BCUT2D eigenvalue weighted by Gasteiger charge is 2.20. The second-order valence-corrected chi connectivity index (χ2v) is 4.25. The van der Waals surface area contributed by atoms with Gasteiger partial charge in [0, 0.05) is 12.8 Å². The molecule has 6 heteroatoms. The second-order valence-electron chi connectivity index (χ2n) is 4.25. The molecule has 19 heavy (non-hydrogen) atoms. The number of benzene rings is 1. The minimum Gasteiger partial charge on any atom is -0.480 e. The Bertz CT molecular complexity index is 615. The number of nitrogens with one attached hydrogen (secondary N) is 1. The molecule has 0 aliphatic heterocycles. The number of aromatic nitrogens is 1. The summed E-state index contributed by atoms with van der Waals surface area (Å²) >= 11 is 0. The Morgan fingerprint density at radius 2 is 2.05 bits per heavy atom. The summed E-state index contributed by atoms with van der Waals surface area (Å²) < 4.78 is 5.09. The van der Waals surface area contributed by atoms with E-state index in [2.05, 4.69) is 5.16 Å². The summed E-state index contributed by atoms with van der Waals surface area (Å²) in [6, 6.07) is 8.32. The summed E-state index contributed by atoms with van der Waals surface area (Å²) in [6.07, 6.45) is 0.366. The van der Waals surface area contributed by atoms with Crippen molar-refractivity contribution in [2.45, 2.75) is 18.9 Å². The van der Waals surface area contributed by atoms with Gasteiger partial charge in [-0.3, -0.25) is 9.59 Å². The number of nitrogens with two attached hydrogens (primary N) is 1. The molecule has 1 atom stereocenters. The van der Waals surface area contributed by atoms with E-state index in [0.717, 1.165) is 5.56 Å². The van der Waals surface area contributed by atoms with Gasteiger partial charge >= 0.3 is 5.97 Å². The predicted octanol–water partition coefficient (Wildman–Crippen LogP) is 0.513. The Labute approximate surface area is 108 Å². The third-order valence-corrected chi connectivity index (χ3v) is 2.83. The summed E-state index contributed by atoms with van der Waals surface area (Å²) in [4.78, 5) is 22.3. The number of aromatic amines is 1. The van der Waals surface area contributed by atoms with Crippen LogP contribution in [0.15, 0.2) is 39.6 Å². The van der Waals surface area contributed by atoms with Crippen LogP contribution in [0.25, 0.3) is 0 Å². The van der Waals surface area contributed by atoms with E-state index < -0.39 is 17.6 Å². The van der Waals surface area contributed by atoms with E-state index in [1.165, 1.54) is 0 Å². The molecule has 1 aromatic carbocycles. The topological polar surface area (TPSA) is 109 Å². The molecule has 0 aliphatic carbocycles. The minimum atomic E-state index is -1.15. The zero-order chi connectivity index (χ0) is 13.8. The molecule has 1 heterocycles. The summed E-state index contributed by atoms with van der Waals surface area (Å²) in [5.74, 6) is -0.723. The van der Waals surface area contributed by atoms with E-state index in [0.29, 0.717) is 17.7 Å². The molecule has 0 fully saturated rings. The maximum absolute atomic E-state index is 11.6. The Morgan fingerprint density at radius 3 is 2.68 bits per heavy atom. The third-order valence-electron chi connectivity index (χ3n) is 2.83. The number of carboxylic acid groups (broad SMARTS) is 1. The normalized spacial score (nSPS) is 12.3. The van der Waals surface area contributed by atoms with E-state index in [9.17, 15) is 9.59 Å². The maximum atomic E-state index is 11.6. The van der Waals surface area contributed by atoms with Crippen molar-refractivity contribution < 1.29 is 14.4 Å². The molecular formula is C13H14N2O4. The van der Waals surface area contributed by atoms with Gasteiger partial charge in [0.2, 0.25) is 0 Å². The monoisotopic (exact) mass is 262 g/mol. The predicted molar refractivity (Wildman–Crippen MR) is 67.9 cm³/mol. The highest BCUT2D eigenvalue weighted by Crippen LogP contribution is 2.12. The van der Waals surface area contributed by atoms with Crippen LogP contribution in [0.1, 0.15) is 16.9 Å². The lowest BCUT2D eigenvalue weighted by atomic mass is 10.0. The van der Waals surface area contributed by atoms with Crippen molar-refractivity contribution in [3.8, 4) is 0 Å². The second kappa shape index (κ2) is 5.53. The van der Waals surface area contributed by atoms with Gasteiger partial charge in [0.1, 0.15) is 11.8 Å². The van der Waals surface area contributed by atoms with Gasteiger partial charge in [0.25, 0.3) is 5.56 Å². The fraction of sp³-hybridized carbons (Fsp3) is 0.231. The van der Waals surface area contributed by atoms with E-state index in [1.54, 1.807) is 0 Å². The number of aliphatic carboxylic acids is 1. The van der Waals surface area contributed by atoms with E-state index in [4.69, 9.17) is 15.4 Å². The van der Waals surface area contributed by atoms with Gasteiger partial charge in [0.15, 0.2) is 0 Å². The van der Waals surface area contributed by atoms with Crippen LogP contribution in [0, 0.1) is 0 Å². The van der Waals surface area contributed by atoms with Crippen molar-refractivity contribution in [2.24, 2.45) is 5.73 Å². The number of carboxylic acids is 1. The van der Waals surface area contributed by atoms with Gasteiger partial charge in [0.05, 0.1) is 5.56 Å². The van der Waals surface area contributed by atoms with Crippen molar-refractivity contribution in [1.29, 1.82) is 0 Å². The number of H-pyrrole nitrogens is 1. The lowest BCUT2D eigenvalue weighted by Gasteiger charge is -2.05. The number of hydrogen-bond donors (Lipinski definition) is 3. The molecule has 2 aromatic rings. The third kappa shape index (κ3) is 3.11. The number of carbonyl (C=O) groups is 1. The van der Waals surface area contributed by atoms with Gasteiger partial charge < -0.3 is 15.4 Å². The first-order valence-corrected chi connectivity index (χ1v) is 5.79. The van der Waals surface area contributed by atoms with Crippen molar-refractivity contribution in [1.82, 2.24) is 5.16 Å². The zero-order valence-electron chi connectivity index (χ0n) is 10.1. The van der Waals surface area contributed by atoms with Gasteiger partial charge in [-0.25, -0.2) is 0 Å². The smallest absolute Gasteiger partial charge is 0.320 e. The van der Waals surface area contributed by atoms with E-state index >= 15 is 0 Å². The average Bonchev–Trinajstić information content (AvgIpc) is 2.72. The standard InChI is InChI=1S/C13H14N2O4/c14-10(13(17)18)7-9-11(19-15-12(9)16)6-8-4-2-1-3-5-8/h1-5,10H,6-7,14H2,(H,15,16)(H,17,18). The van der Waals surface area contributed by atoms with Gasteiger partial charge in [-0.15, -0.1) is 0 Å².